The van der Waals surface area contributed by atoms with Gasteiger partial charge in [0, 0.05) is 12.2 Å². The smallest absolute Gasteiger partial charge is 0.309 e. The second kappa shape index (κ2) is 7.22. The highest BCUT2D eigenvalue weighted by atomic mass is 16.5. The van der Waals surface area contributed by atoms with Crippen molar-refractivity contribution < 1.29 is 14.3 Å². The molecule has 0 aliphatic carbocycles. The van der Waals surface area contributed by atoms with Crippen molar-refractivity contribution in [2.24, 2.45) is 5.92 Å². The van der Waals surface area contributed by atoms with E-state index in [-0.39, 0.29) is 17.8 Å². The average Bonchev–Trinajstić information content (AvgIpc) is 2.49. The molecule has 114 valence electrons. The first kappa shape index (κ1) is 15.5. The summed E-state index contributed by atoms with van der Waals surface area (Å²) in [6.07, 6.45) is 1.75. The topological polar surface area (TPSA) is 58.6 Å². The van der Waals surface area contributed by atoms with Crippen LogP contribution in [0.15, 0.2) is 24.3 Å². The molecule has 21 heavy (non-hydrogen) atoms. The van der Waals surface area contributed by atoms with E-state index in [1.54, 1.807) is 0 Å². The minimum atomic E-state index is -0.182. The zero-order valence-electron chi connectivity index (χ0n) is 12.6. The Morgan fingerprint density at radius 3 is 2.71 bits per heavy atom. The molecule has 0 spiro atoms. The van der Waals surface area contributed by atoms with E-state index < -0.39 is 0 Å². The molecule has 0 aromatic heterocycles. The summed E-state index contributed by atoms with van der Waals surface area (Å²) in [7, 11) is 1.41. The largest absolute Gasteiger partial charge is 0.469 e. The SMILES string of the molecule is COC(=O)C1CCCN(CC(=O)Nc2ccc(C)cc2)C1. The molecule has 1 saturated heterocycles. The first-order chi connectivity index (χ1) is 10.1. The number of esters is 1. The Morgan fingerprint density at radius 2 is 2.05 bits per heavy atom. The van der Waals surface area contributed by atoms with Gasteiger partial charge in [0.05, 0.1) is 19.6 Å². The summed E-state index contributed by atoms with van der Waals surface area (Å²) in [5.41, 5.74) is 1.96. The normalized spacial score (nSPS) is 19.0. The number of likely N-dealkylation sites (tertiary alicyclic amines) is 1. The first-order valence-corrected chi connectivity index (χ1v) is 7.25. The molecule has 1 aliphatic heterocycles. The molecule has 1 heterocycles. The van der Waals surface area contributed by atoms with E-state index in [9.17, 15) is 9.59 Å². The minimum Gasteiger partial charge on any atom is -0.469 e. The van der Waals surface area contributed by atoms with Crippen molar-refractivity contribution in [2.45, 2.75) is 19.8 Å². The monoisotopic (exact) mass is 290 g/mol. The Hall–Kier alpha value is -1.88. The third-order valence-corrected chi connectivity index (χ3v) is 3.74. The summed E-state index contributed by atoms with van der Waals surface area (Å²) in [6, 6.07) is 7.70. The van der Waals surface area contributed by atoms with E-state index in [2.05, 4.69) is 5.32 Å². The zero-order chi connectivity index (χ0) is 15.2. The molecule has 1 N–H and O–H groups in total. The number of aryl methyl sites for hydroxylation is 1. The number of methoxy groups -OCH3 is 1. The van der Waals surface area contributed by atoms with Crippen molar-refractivity contribution in [3.63, 3.8) is 0 Å². The highest BCUT2D eigenvalue weighted by Crippen LogP contribution is 2.17. The minimum absolute atomic E-state index is 0.0515. The fourth-order valence-electron chi connectivity index (χ4n) is 2.60. The van der Waals surface area contributed by atoms with Gasteiger partial charge >= 0.3 is 5.97 Å². The number of carbonyl (C=O) groups excluding carboxylic acids is 2. The van der Waals surface area contributed by atoms with Crippen molar-refractivity contribution in [3.05, 3.63) is 29.8 Å². The van der Waals surface area contributed by atoms with Crippen molar-refractivity contribution in [2.75, 3.05) is 32.1 Å². The van der Waals surface area contributed by atoms with Crippen LogP contribution >= 0.6 is 0 Å². The maximum Gasteiger partial charge on any atom is 0.309 e. The van der Waals surface area contributed by atoms with E-state index >= 15 is 0 Å². The van der Waals surface area contributed by atoms with Crippen LogP contribution in [0.1, 0.15) is 18.4 Å². The molecule has 1 unspecified atom stereocenters. The van der Waals surface area contributed by atoms with Gasteiger partial charge in [-0.05, 0) is 38.4 Å². The van der Waals surface area contributed by atoms with Gasteiger partial charge in [0.15, 0.2) is 0 Å². The summed E-state index contributed by atoms with van der Waals surface area (Å²) in [6.45, 7) is 3.75. The van der Waals surface area contributed by atoms with Crippen molar-refractivity contribution >= 4 is 17.6 Å². The Kier molecular flexibility index (Phi) is 5.33. The van der Waals surface area contributed by atoms with Gasteiger partial charge < -0.3 is 10.1 Å². The average molecular weight is 290 g/mol. The second-order valence-corrected chi connectivity index (χ2v) is 5.51. The number of carbonyl (C=O) groups is 2. The number of ether oxygens (including phenoxy) is 1. The number of benzene rings is 1. The lowest BCUT2D eigenvalue weighted by atomic mass is 9.98. The zero-order valence-corrected chi connectivity index (χ0v) is 12.6. The molecular weight excluding hydrogens is 268 g/mol. The van der Waals surface area contributed by atoms with Gasteiger partial charge in [-0.2, -0.15) is 0 Å². The van der Waals surface area contributed by atoms with Crippen LogP contribution in [0.25, 0.3) is 0 Å². The van der Waals surface area contributed by atoms with Crippen LogP contribution in [-0.4, -0.2) is 43.5 Å². The molecule has 1 fully saturated rings. The van der Waals surface area contributed by atoms with Crippen LogP contribution in [0.3, 0.4) is 0 Å². The first-order valence-electron chi connectivity index (χ1n) is 7.25. The van der Waals surface area contributed by atoms with Crippen LogP contribution in [-0.2, 0) is 14.3 Å². The Morgan fingerprint density at radius 1 is 1.33 bits per heavy atom. The van der Waals surface area contributed by atoms with Gasteiger partial charge in [0.1, 0.15) is 0 Å². The highest BCUT2D eigenvalue weighted by molar-refractivity contribution is 5.92. The molecule has 5 nitrogen and oxygen atoms in total. The van der Waals surface area contributed by atoms with Crippen LogP contribution in [0, 0.1) is 12.8 Å². The third-order valence-electron chi connectivity index (χ3n) is 3.74. The number of hydrogen-bond donors (Lipinski definition) is 1. The van der Waals surface area contributed by atoms with Crippen LogP contribution in [0.5, 0.6) is 0 Å². The van der Waals surface area contributed by atoms with Gasteiger partial charge in [-0.3, -0.25) is 14.5 Å². The molecule has 1 aromatic rings. The van der Waals surface area contributed by atoms with Crippen LogP contribution < -0.4 is 5.32 Å². The summed E-state index contributed by atoms with van der Waals surface area (Å²) in [5.74, 6) is -0.348. The molecule has 5 heteroatoms. The Labute approximate surface area is 125 Å². The highest BCUT2D eigenvalue weighted by Gasteiger charge is 2.27. The van der Waals surface area contributed by atoms with Gasteiger partial charge in [0.25, 0.3) is 0 Å². The number of nitrogens with zero attached hydrogens (tertiary/aromatic N) is 1. The predicted octanol–water partition coefficient (Wildman–Crippen LogP) is 1.82. The fourth-order valence-corrected chi connectivity index (χ4v) is 2.60. The molecule has 1 aromatic carbocycles. The third kappa shape index (κ3) is 4.56. The van der Waals surface area contributed by atoms with E-state index in [0.29, 0.717) is 13.1 Å². The summed E-state index contributed by atoms with van der Waals surface area (Å²) < 4.78 is 4.78. The molecule has 1 aliphatic rings. The molecule has 1 atom stereocenters. The lowest BCUT2D eigenvalue weighted by Gasteiger charge is -2.30. The Balaban J connectivity index is 1.84. The number of hydrogen-bond acceptors (Lipinski definition) is 4. The molecule has 2 rings (SSSR count). The molecule has 0 radical (unpaired) electrons. The molecular formula is C16H22N2O3. The number of rotatable bonds is 4. The summed E-state index contributed by atoms with van der Waals surface area (Å²) >= 11 is 0. The molecule has 0 saturated carbocycles. The van der Waals surface area contributed by atoms with Gasteiger partial charge in [-0.15, -0.1) is 0 Å². The van der Waals surface area contributed by atoms with E-state index in [1.807, 2.05) is 36.1 Å². The van der Waals surface area contributed by atoms with Crippen molar-refractivity contribution in [3.8, 4) is 0 Å². The van der Waals surface area contributed by atoms with Gasteiger partial charge in [0.2, 0.25) is 5.91 Å². The lowest BCUT2D eigenvalue weighted by molar-refractivity contribution is -0.147. The molecule has 1 amide bonds. The second-order valence-electron chi connectivity index (χ2n) is 5.51. The lowest BCUT2D eigenvalue weighted by Crippen LogP contribution is -2.42. The quantitative estimate of drug-likeness (QED) is 0.859. The summed E-state index contributed by atoms with van der Waals surface area (Å²) in [4.78, 5) is 25.6. The van der Waals surface area contributed by atoms with E-state index in [1.165, 1.54) is 7.11 Å². The van der Waals surface area contributed by atoms with Crippen molar-refractivity contribution in [1.29, 1.82) is 0 Å². The number of anilines is 1. The van der Waals surface area contributed by atoms with Gasteiger partial charge in [-0.1, -0.05) is 17.7 Å². The van der Waals surface area contributed by atoms with E-state index in [4.69, 9.17) is 4.74 Å². The molecule has 0 bridgehead atoms. The number of nitrogens with one attached hydrogen (secondary N) is 1. The number of amides is 1. The van der Waals surface area contributed by atoms with Crippen LogP contribution in [0.2, 0.25) is 0 Å². The Bertz CT molecular complexity index is 499. The van der Waals surface area contributed by atoms with Crippen molar-refractivity contribution in [1.82, 2.24) is 4.90 Å². The fraction of sp³-hybridized carbons (Fsp3) is 0.500. The number of piperidine rings is 1. The van der Waals surface area contributed by atoms with E-state index in [0.717, 1.165) is 30.6 Å². The standard InChI is InChI=1S/C16H22N2O3/c1-12-5-7-14(8-6-12)17-15(19)11-18-9-3-4-13(10-18)16(20)21-2/h5-8,13H,3-4,9-11H2,1-2H3,(H,17,19). The van der Waals surface area contributed by atoms with Gasteiger partial charge in [-0.25, -0.2) is 0 Å². The van der Waals surface area contributed by atoms with Crippen LogP contribution in [0.4, 0.5) is 5.69 Å². The summed E-state index contributed by atoms with van der Waals surface area (Å²) in [5, 5.41) is 2.88. The maximum absolute atomic E-state index is 12.0. The predicted molar refractivity (Wildman–Crippen MR) is 81.0 cm³/mol. The maximum atomic E-state index is 12.0.